The van der Waals surface area contributed by atoms with Gasteiger partial charge in [-0.25, -0.2) is 4.79 Å². The first kappa shape index (κ1) is 15.4. The highest BCUT2D eigenvalue weighted by molar-refractivity contribution is 9.10. The van der Waals surface area contributed by atoms with E-state index in [4.69, 9.17) is 9.47 Å². The normalized spacial score (nSPS) is 10.0. The summed E-state index contributed by atoms with van der Waals surface area (Å²) in [6.45, 7) is 0.647. The van der Waals surface area contributed by atoms with Crippen LogP contribution < -0.4 is 10.1 Å². The van der Waals surface area contributed by atoms with Crippen LogP contribution in [0, 0.1) is 0 Å². The number of hydrogen-bond donors (Lipinski definition) is 1. The Morgan fingerprint density at radius 2 is 1.86 bits per heavy atom. The van der Waals surface area contributed by atoms with E-state index < -0.39 is 0 Å². The molecule has 4 nitrogen and oxygen atoms in total. The van der Waals surface area contributed by atoms with Crippen molar-refractivity contribution in [3.05, 3.63) is 58.1 Å². The lowest BCUT2D eigenvalue weighted by Gasteiger charge is -2.10. The van der Waals surface area contributed by atoms with E-state index >= 15 is 0 Å². The molecule has 2 aromatic rings. The van der Waals surface area contributed by atoms with Crippen molar-refractivity contribution in [3.8, 4) is 5.75 Å². The second-order valence-corrected chi connectivity index (χ2v) is 5.23. The number of nitrogens with one attached hydrogen (secondary N) is 1. The first-order valence-electron chi connectivity index (χ1n) is 6.38. The molecule has 5 heteroatoms. The van der Waals surface area contributed by atoms with E-state index in [-0.39, 0.29) is 5.97 Å². The highest BCUT2D eigenvalue weighted by atomic mass is 79.9. The minimum absolute atomic E-state index is 0.342. The number of carbonyl (C=O) groups excluding carboxylic acids is 1. The molecular formula is C16H16BrNO3. The van der Waals surface area contributed by atoms with Gasteiger partial charge in [0.05, 0.1) is 19.8 Å². The fourth-order valence-corrected chi connectivity index (χ4v) is 2.36. The van der Waals surface area contributed by atoms with Crippen LogP contribution in [0.1, 0.15) is 15.9 Å². The SMILES string of the molecule is COC(=O)c1ccc(CNc2ccc(OC)cc2)c(Br)c1. The van der Waals surface area contributed by atoms with E-state index in [9.17, 15) is 4.79 Å². The van der Waals surface area contributed by atoms with Gasteiger partial charge < -0.3 is 14.8 Å². The van der Waals surface area contributed by atoms with Crippen molar-refractivity contribution in [1.29, 1.82) is 0 Å². The molecule has 0 bridgehead atoms. The van der Waals surface area contributed by atoms with E-state index in [2.05, 4.69) is 21.2 Å². The summed E-state index contributed by atoms with van der Waals surface area (Å²) in [6.07, 6.45) is 0. The van der Waals surface area contributed by atoms with Crippen molar-refractivity contribution >= 4 is 27.6 Å². The number of anilines is 1. The number of ether oxygens (including phenoxy) is 2. The van der Waals surface area contributed by atoms with Gasteiger partial charge in [0, 0.05) is 16.7 Å². The van der Waals surface area contributed by atoms with Crippen LogP contribution in [-0.4, -0.2) is 20.2 Å². The van der Waals surface area contributed by atoms with Crippen molar-refractivity contribution in [3.63, 3.8) is 0 Å². The maximum atomic E-state index is 11.4. The van der Waals surface area contributed by atoms with Crippen LogP contribution in [0.3, 0.4) is 0 Å². The lowest BCUT2D eigenvalue weighted by atomic mass is 10.1. The molecule has 0 unspecified atom stereocenters. The number of halogens is 1. The molecule has 110 valence electrons. The molecule has 0 aliphatic heterocycles. The lowest BCUT2D eigenvalue weighted by molar-refractivity contribution is 0.0600. The number of carbonyl (C=O) groups is 1. The van der Waals surface area contributed by atoms with Crippen LogP contribution in [0.15, 0.2) is 46.9 Å². The van der Waals surface area contributed by atoms with Gasteiger partial charge in [-0.15, -0.1) is 0 Å². The van der Waals surface area contributed by atoms with Gasteiger partial charge in [-0.3, -0.25) is 0 Å². The van der Waals surface area contributed by atoms with Gasteiger partial charge in [0.2, 0.25) is 0 Å². The van der Waals surface area contributed by atoms with Crippen LogP contribution in [0.4, 0.5) is 5.69 Å². The first-order chi connectivity index (χ1) is 10.1. The molecule has 0 amide bonds. The van der Waals surface area contributed by atoms with Crippen molar-refractivity contribution < 1.29 is 14.3 Å². The van der Waals surface area contributed by atoms with Crippen molar-refractivity contribution in [2.75, 3.05) is 19.5 Å². The Balaban J connectivity index is 2.04. The third-order valence-corrected chi connectivity index (χ3v) is 3.79. The lowest BCUT2D eigenvalue weighted by Crippen LogP contribution is -2.04. The summed E-state index contributed by atoms with van der Waals surface area (Å²) >= 11 is 3.47. The topological polar surface area (TPSA) is 47.6 Å². The monoisotopic (exact) mass is 349 g/mol. The van der Waals surface area contributed by atoms with Crippen LogP contribution in [-0.2, 0) is 11.3 Å². The second-order valence-electron chi connectivity index (χ2n) is 4.38. The molecule has 0 aromatic heterocycles. The number of benzene rings is 2. The average Bonchev–Trinajstić information content (AvgIpc) is 2.53. The summed E-state index contributed by atoms with van der Waals surface area (Å²) in [5, 5.41) is 3.31. The van der Waals surface area contributed by atoms with Crippen molar-refractivity contribution in [2.24, 2.45) is 0 Å². The molecule has 0 heterocycles. The smallest absolute Gasteiger partial charge is 0.337 e. The summed E-state index contributed by atoms with van der Waals surface area (Å²) in [7, 11) is 3.01. The fraction of sp³-hybridized carbons (Fsp3) is 0.188. The minimum atomic E-state index is -0.342. The van der Waals surface area contributed by atoms with E-state index in [0.717, 1.165) is 21.5 Å². The third kappa shape index (κ3) is 3.98. The van der Waals surface area contributed by atoms with E-state index in [0.29, 0.717) is 12.1 Å². The number of rotatable bonds is 5. The average molecular weight is 350 g/mol. The van der Waals surface area contributed by atoms with Gasteiger partial charge in [-0.2, -0.15) is 0 Å². The zero-order valence-electron chi connectivity index (χ0n) is 11.9. The molecule has 0 radical (unpaired) electrons. The Kier molecular flexibility index (Phi) is 5.22. The molecule has 1 N–H and O–H groups in total. The molecule has 0 saturated heterocycles. The van der Waals surface area contributed by atoms with Crippen LogP contribution in [0.5, 0.6) is 5.75 Å². The Labute approximate surface area is 132 Å². The quantitative estimate of drug-likeness (QED) is 0.832. The highest BCUT2D eigenvalue weighted by Gasteiger charge is 2.08. The fourth-order valence-electron chi connectivity index (χ4n) is 1.84. The van der Waals surface area contributed by atoms with Gasteiger partial charge in [0.1, 0.15) is 5.75 Å². The minimum Gasteiger partial charge on any atom is -0.497 e. The predicted molar refractivity (Wildman–Crippen MR) is 85.8 cm³/mol. The second kappa shape index (κ2) is 7.13. The first-order valence-corrected chi connectivity index (χ1v) is 7.18. The van der Waals surface area contributed by atoms with E-state index in [1.54, 1.807) is 19.2 Å². The number of methoxy groups -OCH3 is 2. The maximum absolute atomic E-state index is 11.4. The Morgan fingerprint density at radius 1 is 1.14 bits per heavy atom. The molecule has 0 aliphatic rings. The van der Waals surface area contributed by atoms with Gasteiger partial charge in [0.25, 0.3) is 0 Å². The zero-order chi connectivity index (χ0) is 15.2. The maximum Gasteiger partial charge on any atom is 0.337 e. The van der Waals surface area contributed by atoms with Gasteiger partial charge in [-0.1, -0.05) is 22.0 Å². The van der Waals surface area contributed by atoms with Crippen LogP contribution in [0.25, 0.3) is 0 Å². The molecule has 21 heavy (non-hydrogen) atoms. The zero-order valence-corrected chi connectivity index (χ0v) is 13.4. The van der Waals surface area contributed by atoms with Gasteiger partial charge >= 0.3 is 5.97 Å². The summed E-state index contributed by atoms with van der Waals surface area (Å²) in [5.41, 5.74) is 2.58. The third-order valence-electron chi connectivity index (χ3n) is 3.05. The molecule has 0 saturated carbocycles. The Hall–Kier alpha value is -2.01. The van der Waals surface area contributed by atoms with Crippen LogP contribution >= 0.6 is 15.9 Å². The van der Waals surface area contributed by atoms with E-state index in [1.807, 2.05) is 30.3 Å². The summed E-state index contributed by atoms with van der Waals surface area (Å²) in [6, 6.07) is 13.1. The molecule has 0 aliphatic carbocycles. The molecule has 2 aromatic carbocycles. The predicted octanol–water partition coefficient (Wildman–Crippen LogP) is 3.86. The molecule has 2 rings (SSSR count). The highest BCUT2D eigenvalue weighted by Crippen LogP contribution is 2.21. The molecule has 0 spiro atoms. The van der Waals surface area contributed by atoms with Crippen molar-refractivity contribution in [1.82, 2.24) is 0 Å². The summed E-state index contributed by atoms with van der Waals surface area (Å²) < 4.78 is 10.7. The largest absolute Gasteiger partial charge is 0.497 e. The Bertz CT molecular complexity index is 626. The standard InChI is InChI=1S/C16H16BrNO3/c1-20-14-7-5-13(6-8-14)18-10-12-4-3-11(9-15(12)17)16(19)21-2/h3-9,18H,10H2,1-2H3. The molecule has 0 atom stereocenters. The van der Waals surface area contributed by atoms with Gasteiger partial charge in [-0.05, 0) is 42.0 Å². The van der Waals surface area contributed by atoms with Crippen LogP contribution in [0.2, 0.25) is 0 Å². The Morgan fingerprint density at radius 3 is 2.43 bits per heavy atom. The van der Waals surface area contributed by atoms with Crippen molar-refractivity contribution in [2.45, 2.75) is 6.54 Å². The summed E-state index contributed by atoms with van der Waals surface area (Å²) in [4.78, 5) is 11.4. The summed E-state index contributed by atoms with van der Waals surface area (Å²) in [5.74, 6) is 0.481. The molecule has 0 fully saturated rings. The number of esters is 1. The number of hydrogen-bond acceptors (Lipinski definition) is 4. The molecular weight excluding hydrogens is 334 g/mol. The van der Waals surface area contributed by atoms with Gasteiger partial charge in [0.15, 0.2) is 0 Å². The van der Waals surface area contributed by atoms with E-state index in [1.165, 1.54) is 7.11 Å².